The molecule has 2 aliphatic rings. The van der Waals surface area contributed by atoms with Crippen molar-refractivity contribution in [3.63, 3.8) is 0 Å². The Bertz CT molecular complexity index is 862. The van der Waals surface area contributed by atoms with E-state index in [1.165, 1.54) is 0 Å². The minimum absolute atomic E-state index is 0.154. The number of fused-ring (bicyclic) bond motifs is 1. The summed E-state index contributed by atoms with van der Waals surface area (Å²) < 4.78 is 11.0. The van der Waals surface area contributed by atoms with Crippen LogP contribution in [0, 0.1) is 5.41 Å². The van der Waals surface area contributed by atoms with Crippen LogP contribution < -0.4 is 20.1 Å². The molecule has 0 radical (unpaired) electrons. The van der Waals surface area contributed by atoms with Gasteiger partial charge in [-0.3, -0.25) is 9.59 Å². The lowest BCUT2D eigenvalue weighted by atomic mass is 10.0. The summed E-state index contributed by atoms with van der Waals surface area (Å²) in [5.41, 5.74) is 0.615. The van der Waals surface area contributed by atoms with Crippen LogP contribution in [0.1, 0.15) is 31.4 Å². The predicted molar refractivity (Wildman–Crippen MR) is 101 cm³/mol. The van der Waals surface area contributed by atoms with Gasteiger partial charge in [0.1, 0.15) is 18.6 Å². The summed E-state index contributed by atoms with van der Waals surface area (Å²) in [6, 6.07) is 14.8. The highest BCUT2D eigenvalue weighted by Gasteiger charge is 2.56. The maximum absolute atomic E-state index is 12.8. The Kier molecular flexibility index (Phi) is 4.48. The molecule has 0 aromatic heterocycles. The number of anilines is 1. The van der Waals surface area contributed by atoms with E-state index in [4.69, 9.17) is 9.47 Å². The molecule has 0 spiro atoms. The summed E-state index contributed by atoms with van der Waals surface area (Å²) in [6.45, 7) is 2.91. The Morgan fingerprint density at radius 2 is 1.67 bits per heavy atom. The molecule has 2 aromatic rings. The van der Waals surface area contributed by atoms with E-state index in [9.17, 15) is 9.59 Å². The quantitative estimate of drug-likeness (QED) is 0.798. The molecule has 1 unspecified atom stereocenters. The molecule has 6 heteroatoms. The molecular weight excluding hydrogens is 344 g/mol. The van der Waals surface area contributed by atoms with Gasteiger partial charge in [0.25, 0.3) is 0 Å². The highest BCUT2D eigenvalue weighted by molar-refractivity contribution is 6.13. The molecule has 2 aromatic carbocycles. The number of hydrogen-bond donors (Lipinski definition) is 2. The fourth-order valence-electron chi connectivity index (χ4n) is 3.21. The minimum atomic E-state index is -0.990. The van der Waals surface area contributed by atoms with E-state index in [1.807, 2.05) is 37.3 Å². The fourth-order valence-corrected chi connectivity index (χ4v) is 3.21. The van der Waals surface area contributed by atoms with E-state index in [0.717, 1.165) is 5.56 Å². The Morgan fingerprint density at radius 1 is 0.963 bits per heavy atom. The molecule has 2 N–H and O–H groups in total. The van der Waals surface area contributed by atoms with Gasteiger partial charge in [-0.2, -0.15) is 0 Å². The lowest BCUT2D eigenvalue weighted by Crippen LogP contribution is -2.41. The van der Waals surface area contributed by atoms with Crippen molar-refractivity contribution >= 4 is 17.5 Å². The van der Waals surface area contributed by atoms with Crippen LogP contribution in [-0.4, -0.2) is 25.0 Å². The van der Waals surface area contributed by atoms with Gasteiger partial charge in [-0.15, -0.1) is 0 Å². The third-order valence-corrected chi connectivity index (χ3v) is 5.07. The highest BCUT2D eigenvalue weighted by atomic mass is 16.6. The van der Waals surface area contributed by atoms with Crippen molar-refractivity contribution in [2.75, 3.05) is 18.5 Å². The molecule has 0 saturated heterocycles. The molecule has 140 valence electrons. The first kappa shape index (κ1) is 17.4. The van der Waals surface area contributed by atoms with E-state index in [-0.39, 0.29) is 17.9 Å². The lowest BCUT2D eigenvalue weighted by Gasteiger charge is -2.21. The van der Waals surface area contributed by atoms with Gasteiger partial charge in [0.15, 0.2) is 11.5 Å². The van der Waals surface area contributed by atoms with Gasteiger partial charge < -0.3 is 20.1 Å². The molecule has 1 fully saturated rings. The summed E-state index contributed by atoms with van der Waals surface area (Å²) >= 11 is 0. The van der Waals surface area contributed by atoms with E-state index in [1.54, 1.807) is 18.2 Å². The third-order valence-electron chi connectivity index (χ3n) is 5.07. The van der Waals surface area contributed by atoms with Crippen LogP contribution in [0.2, 0.25) is 0 Å². The Balaban J connectivity index is 1.43. The maximum atomic E-state index is 12.8. The zero-order valence-corrected chi connectivity index (χ0v) is 15.2. The second-order valence-electron chi connectivity index (χ2n) is 7.00. The topological polar surface area (TPSA) is 76.7 Å². The summed E-state index contributed by atoms with van der Waals surface area (Å²) in [5.74, 6) is 0.756. The second kappa shape index (κ2) is 6.95. The van der Waals surface area contributed by atoms with E-state index < -0.39 is 5.41 Å². The molecule has 0 bridgehead atoms. The van der Waals surface area contributed by atoms with E-state index >= 15 is 0 Å². The molecule has 1 atom stereocenters. The number of benzene rings is 2. The minimum Gasteiger partial charge on any atom is -0.486 e. The number of rotatable bonds is 5. The fraction of sp³-hybridized carbons (Fsp3) is 0.333. The standard InChI is InChI=1S/C21H22N2O4/c1-14(15-5-3-2-4-6-15)22-19(24)21(9-10-21)20(25)23-16-7-8-17-18(13-16)27-12-11-26-17/h2-8,13-14H,9-12H2,1H3,(H,22,24)(H,23,25). The van der Waals surface area contributed by atoms with Crippen molar-refractivity contribution in [3.8, 4) is 11.5 Å². The molecule has 6 nitrogen and oxygen atoms in total. The van der Waals surface area contributed by atoms with Gasteiger partial charge in [0.05, 0.1) is 6.04 Å². The largest absolute Gasteiger partial charge is 0.486 e. The normalized spacial score (nSPS) is 17.5. The van der Waals surface area contributed by atoms with Crippen molar-refractivity contribution in [1.29, 1.82) is 0 Å². The monoisotopic (exact) mass is 366 g/mol. The molecule has 4 rings (SSSR count). The van der Waals surface area contributed by atoms with Crippen LogP contribution >= 0.6 is 0 Å². The van der Waals surface area contributed by atoms with Crippen LogP contribution in [0.4, 0.5) is 5.69 Å². The predicted octanol–water partition coefficient (Wildman–Crippen LogP) is 3.05. The first-order chi connectivity index (χ1) is 13.1. The Morgan fingerprint density at radius 3 is 2.37 bits per heavy atom. The second-order valence-corrected chi connectivity index (χ2v) is 7.00. The molecule has 1 saturated carbocycles. The van der Waals surface area contributed by atoms with Crippen molar-refractivity contribution in [1.82, 2.24) is 5.32 Å². The number of nitrogens with one attached hydrogen (secondary N) is 2. The smallest absolute Gasteiger partial charge is 0.240 e. The Labute approximate surface area is 157 Å². The van der Waals surface area contributed by atoms with Gasteiger partial charge in [-0.1, -0.05) is 30.3 Å². The summed E-state index contributed by atoms with van der Waals surface area (Å²) in [5, 5.41) is 5.82. The number of carbonyl (C=O) groups excluding carboxylic acids is 2. The highest BCUT2D eigenvalue weighted by Crippen LogP contribution is 2.47. The first-order valence-corrected chi connectivity index (χ1v) is 9.15. The van der Waals surface area contributed by atoms with Crippen LogP contribution in [-0.2, 0) is 9.59 Å². The molecule has 1 heterocycles. The SMILES string of the molecule is CC(NC(=O)C1(C(=O)Nc2ccc3c(c2)OCCO3)CC1)c1ccccc1. The number of ether oxygens (including phenoxy) is 2. The zero-order valence-electron chi connectivity index (χ0n) is 15.2. The average Bonchev–Trinajstić information content (AvgIpc) is 3.51. The van der Waals surface area contributed by atoms with Gasteiger partial charge >= 0.3 is 0 Å². The molecule has 2 amide bonds. The first-order valence-electron chi connectivity index (χ1n) is 9.15. The lowest BCUT2D eigenvalue weighted by molar-refractivity contribution is -0.134. The van der Waals surface area contributed by atoms with Crippen molar-refractivity contribution in [3.05, 3.63) is 54.1 Å². The van der Waals surface area contributed by atoms with Crippen molar-refractivity contribution in [2.45, 2.75) is 25.8 Å². The summed E-state index contributed by atoms with van der Waals surface area (Å²) in [4.78, 5) is 25.5. The zero-order chi connectivity index (χ0) is 18.9. The van der Waals surface area contributed by atoms with Crippen molar-refractivity contribution in [2.24, 2.45) is 5.41 Å². The van der Waals surface area contributed by atoms with Crippen LogP contribution in [0.25, 0.3) is 0 Å². The van der Waals surface area contributed by atoms with Gasteiger partial charge in [0, 0.05) is 11.8 Å². The van der Waals surface area contributed by atoms with Gasteiger partial charge in [0.2, 0.25) is 11.8 Å². The molecular formula is C21H22N2O4. The van der Waals surface area contributed by atoms with Crippen LogP contribution in [0.5, 0.6) is 11.5 Å². The van der Waals surface area contributed by atoms with Crippen LogP contribution in [0.3, 0.4) is 0 Å². The Hall–Kier alpha value is -3.02. The summed E-state index contributed by atoms with van der Waals surface area (Å²) in [7, 11) is 0. The molecule has 1 aliphatic heterocycles. The van der Waals surface area contributed by atoms with Crippen LogP contribution in [0.15, 0.2) is 48.5 Å². The van der Waals surface area contributed by atoms with E-state index in [2.05, 4.69) is 10.6 Å². The number of amides is 2. The summed E-state index contributed by atoms with van der Waals surface area (Å²) in [6.07, 6.45) is 1.10. The number of hydrogen-bond acceptors (Lipinski definition) is 4. The third kappa shape index (κ3) is 3.47. The van der Waals surface area contributed by atoms with Crippen molar-refractivity contribution < 1.29 is 19.1 Å². The van der Waals surface area contributed by atoms with Gasteiger partial charge in [-0.05, 0) is 37.5 Å². The maximum Gasteiger partial charge on any atom is 0.240 e. The van der Waals surface area contributed by atoms with Gasteiger partial charge in [-0.25, -0.2) is 0 Å². The number of carbonyl (C=O) groups is 2. The average molecular weight is 366 g/mol. The molecule has 27 heavy (non-hydrogen) atoms. The molecule has 1 aliphatic carbocycles. The van der Waals surface area contributed by atoms with E-state index in [0.29, 0.717) is 43.2 Å².